The average molecular weight is 300 g/mol. The van der Waals surface area contributed by atoms with Gasteiger partial charge in [-0.15, -0.1) is 14.8 Å². The number of tetrazole rings is 1. The van der Waals surface area contributed by atoms with E-state index in [0.29, 0.717) is 18.9 Å². The second kappa shape index (κ2) is 5.38. The SMILES string of the molecule is CCc1ccc(C2COCCN2c2ccc3nnnn3n2)o1. The van der Waals surface area contributed by atoms with Crippen molar-refractivity contribution in [3.63, 3.8) is 0 Å². The highest BCUT2D eigenvalue weighted by Crippen LogP contribution is 2.29. The quantitative estimate of drug-likeness (QED) is 0.720. The van der Waals surface area contributed by atoms with E-state index in [1.165, 1.54) is 4.63 Å². The van der Waals surface area contributed by atoms with Crippen LogP contribution in [0.5, 0.6) is 0 Å². The molecular formula is C14H16N6O2. The minimum Gasteiger partial charge on any atom is -0.464 e. The number of aryl methyl sites for hydroxylation is 1. The Morgan fingerprint density at radius 1 is 1.27 bits per heavy atom. The zero-order valence-electron chi connectivity index (χ0n) is 12.2. The molecule has 1 aliphatic heterocycles. The number of hydrogen-bond donors (Lipinski definition) is 0. The molecule has 1 unspecified atom stereocenters. The van der Waals surface area contributed by atoms with Crippen LogP contribution in [0.3, 0.4) is 0 Å². The van der Waals surface area contributed by atoms with Crippen molar-refractivity contribution in [1.29, 1.82) is 0 Å². The fourth-order valence-corrected chi connectivity index (χ4v) is 2.67. The van der Waals surface area contributed by atoms with Gasteiger partial charge in [-0.1, -0.05) is 6.92 Å². The molecule has 1 atom stereocenters. The molecule has 0 spiro atoms. The van der Waals surface area contributed by atoms with E-state index in [4.69, 9.17) is 9.15 Å². The van der Waals surface area contributed by atoms with Crippen molar-refractivity contribution in [2.45, 2.75) is 19.4 Å². The van der Waals surface area contributed by atoms with Gasteiger partial charge in [-0.2, -0.15) is 0 Å². The smallest absolute Gasteiger partial charge is 0.200 e. The Morgan fingerprint density at radius 3 is 3.09 bits per heavy atom. The number of fused-ring (bicyclic) bond motifs is 1. The third-order valence-corrected chi connectivity index (χ3v) is 3.84. The molecule has 0 radical (unpaired) electrons. The maximum absolute atomic E-state index is 5.90. The number of anilines is 1. The van der Waals surface area contributed by atoms with Gasteiger partial charge in [0.1, 0.15) is 17.6 Å². The monoisotopic (exact) mass is 300 g/mol. The summed E-state index contributed by atoms with van der Waals surface area (Å²) in [5.74, 6) is 2.68. The molecule has 0 saturated carbocycles. The highest BCUT2D eigenvalue weighted by atomic mass is 16.5. The van der Waals surface area contributed by atoms with Crippen LogP contribution in [0.15, 0.2) is 28.7 Å². The van der Waals surface area contributed by atoms with Gasteiger partial charge in [-0.3, -0.25) is 0 Å². The second-order valence-electron chi connectivity index (χ2n) is 5.16. The van der Waals surface area contributed by atoms with Crippen LogP contribution in [0, 0.1) is 0 Å². The highest BCUT2D eigenvalue weighted by molar-refractivity contribution is 5.46. The molecule has 0 bridgehead atoms. The fourth-order valence-electron chi connectivity index (χ4n) is 2.67. The summed E-state index contributed by atoms with van der Waals surface area (Å²) in [4.78, 5) is 2.17. The van der Waals surface area contributed by atoms with Crippen molar-refractivity contribution in [3.05, 3.63) is 35.8 Å². The molecule has 1 saturated heterocycles. The third kappa shape index (κ3) is 2.21. The largest absolute Gasteiger partial charge is 0.464 e. The predicted molar refractivity (Wildman–Crippen MR) is 77.6 cm³/mol. The van der Waals surface area contributed by atoms with Gasteiger partial charge < -0.3 is 14.1 Å². The van der Waals surface area contributed by atoms with E-state index in [1.807, 2.05) is 24.3 Å². The molecule has 4 heterocycles. The Kier molecular flexibility index (Phi) is 3.23. The van der Waals surface area contributed by atoms with Gasteiger partial charge >= 0.3 is 0 Å². The van der Waals surface area contributed by atoms with Crippen molar-refractivity contribution in [2.75, 3.05) is 24.7 Å². The van der Waals surface area contributed by atoms with Gasteiger partial charge in [0.05, 0.1) is 13.2 Å². The summed E-state index contributed by atoms with van der Waals surface area (Å²) in [6.45, 7) is 4.05. The molecule has 1 fully saturated rings. The number of rotatable bonds is 3. The van der Waals surface area contributed by atoms with Gasteiger partial charge in [0, 0.05) is 13.0 Å². The van der Waals surface area contributed by atoms with E-state index in [2.05, 4.69) is 32.4 Å². The van der Waals surface area contributed by atoms with Crippen LogP contribution in [0.2, 0.25) is 0 Å². The number of hydrogen-bond acceptors (Lipinski definition) is 7. The van der Waals surface area contributed by atoms with Crippen LogP contribution in [0.4, 0.5) is 5.82 Å². The Balaban J connectivity index is 1.70. The number of ether oxygens (including phenoxy) is 1. The van der Waals surface area contributed by atoms with E-state index in [0.717, 1.165) is 30.3 Å². The summed E-state index contributed by atoms with van der Waals surface area (Å²) in [6.07, 6.45) is 0.877. The van der Waals surface area contributed by atoms with E-state index < -0.39 is 0 Å². The number of morpholine rings is 1. The maximum Gasteiger partial charge on any atom is 0.200 e. The molecule has 0 amide bonds. The lowest BCUT2D eigenvalue weighted by molar-refractivity contribution is 0.0867. The van der Waals surface area contributed by atoms with Crippen molar-refractivity contribution >= 4 is 11.5 Å². The summed E-state index contributed by atoms with van der Waals surface area (Å²) in [5, 5.41) is 15.8. The van der Waals surface area contributed by atoms with E-state index in [1.54, 1.807) is 0 Å². The molecule has 8 nitrogen and oxygen atoms in total. The van der Waals surface area contributed by atoms with E-state index in [-0.39, 0.29) is 6.04 Å². The lowest BCUT2D eigenvalue weighted by Gasteiger charge is -2.34. The Morgan fingerprint density at radius 2 is 2.23 bits per heavy atom. The molecule has 3 aromatic rings. The van der Waals surface area contributed by atoms with Gasteiger partial charge in [-0.05, 0) is 34.7 Å². The Hall–Kier alpha value is -2.48. The van der Waals surface area contributed by atoms with Crippen molar-refractivity contribution in [1.82, 2.24) is 25.3 Å². The minimum absolute atomic E-state index is 0.00970. The number of aromatic nitrogens is 5. The van der Waals surface area contributed by atoms with Crippen molar-refractivity contribution in [2.24, 2.45) is 0 Å². The first kappa shape index (κ1) is 13.2. The molecule has 0 aromatic carbocycles. The van der Waals surface area contributed by atoms with Crippen LogP contribution in [0.1, 0.15) is 24.5 Å². The minimum atomic E-state index is 0.00970. The molecule has 114 valence electrons. The number of furan rings is 1. The first-order valence-electron chi connectivity index (χ1n) is 7.33. The molecule has 3 aromatic heterocycles. The van der Waals surface area contributed by atoms with Gasteiger partial charge in [0.25, 0.3) is 0 Å². The van der Waals surface area contributed by atoms with Crippen molar-refractivity contribution in [3.8, 4) is 0 Å². The lowest BCUT2D eigenvalue weighted by Crippen LogP contribution is -2.40. The lowest BCUT2D eigenvalue weighted by atomic mass is 10.1. The molecule has 1 aliphatic rings. The molecule has 8 heteroatoms. The summed E-state index contributed by atoms with van der Waals surface area (Å²) in [5.41, 5.74) is 0.625. The van der Waals surface area contributed by atoms with E-state index >= 15 is 0 Å². The van der Waals surface area contributed by atoms with Crippen LogP contribution in [0.25, 0.3) is 5.65 Å². The maximum atomic E-state index is 5.90. The highest BCUT2D eigenvalue weighted by Gasteiger charge is 2.28. The van der Waals surface area contributed by atoms with Crippen molar-refractivity contribution < 1.29 is 9.15 Å². The molecule has 0 N–H and O–H groups in total. The topological polar surface area (TPSA) is 81.6 Å². The third-order valence-electron chi connectivity index (χ3n) is 3.84. The molecular weight excluding hydrogens is 284 g/mol. The molecule has 0 aliphatic carbocycles. The normalized spacial score (nSPS) is 19.0. The fraction of sp³-hybridized carbons (Fsp3) is 0.429. The van der Waals surface area contributed by atoms with Crippen LogP contribution in [-0.4, -0.2) is 45.0 Å². The van der Waals surface area contributed by atoms with Crippen LogP contribution < -0.4 is 4.90 Å². The summed E-state index contributed by atoms with van der Waals surface area (Å²) in [6, 6.07) is 7.82. The second-order valence-corrected chi connectivity index (χ2v) is 5.16. The standard InChI is InChI=1S/C14H16N6O2/c1-2-10-3-4-12(22-10)11-9-21-8-7-19(11)14-6-5-13-15-17-18-20(13)16-14/h3-6,11H,2,7-9H2,1H3. The van der Waals surface area contributed by atoms with Crippen LogP contribution >= 0.6 is 0 Å². The van der Waals surface area contributed by atoms with Gasteiger partial charge in [0.2, 0.25) is 0 Å². The molecule has 4 rings (SSSR count). The average Bonchev–Trinajstić information content (AvgIpc) is 3.23. The van der Waals surface area contributed by atoms with Crippen LogP contribution in [-0.2, 0) is 11.2 Å². The zero-order chi connectivity index (χ0) is 14.9. The Bertz CT molecular complexity index is 782. The predicted octanol–water partition coefficient (Wildman–Crippen LogP) is 1.25. The van der Waals surface area contributed by atoms with Gasteiger partial charge in [-0.25, -0.2) is 0 Å². The summed E-state index contributed by atoms with van der Waals surface area (Å²) >= 11 is 0. The summed E-state index contributed by atoms with van der Waals surface area (Å²) in [7, 11) is 0. The number of nitrogens with zero attached hydrogens (tertiary/aromatic N) is 6. The first-order valence-corrected chi connectivity index (χ1v) is 7.33. The zero-order valence-corrected chi connectivity index (χ0v) is 12.2. The Labute approximate surface area is 126 Å². The molecule has 22 heavy (non-hydrogen) atoms. The van der Waals surface area contributed by atoms with Gasteiger partial charge in [0.15, 0.2) is 11.5 Å². The van der Waals surface area contributed by atoms with E-state index in [9.17, 15) is 0 Å². The summed E-state index contributed by atoms with van der Waals surface area (Å²) < 4.78 is 13.0. The first-order chi connectivity index (χ1) is 10.8.